The molecular weight excluding hydrogens is 378 g/mol. The highest BCUT2D eigenvalue weighted by Gasteiger charge is 2.22. The number of ether oxygens (including phenoxy) is 3. The Morgan fingerprint density at radius 1 is 0.733 bits per heavy atom. The number of nitrogens with zero attached hydrogens (tertiary/aromatic N) is 3. The molecule has 0 fully saturated rings. The second kappa shape index (κ2) is 8.29. The lowest BCUT2D eigenvalue weighted by molar-refractivity contribution is 0.324. The zero-order valence-electron chi connectivity index (χ0n) is 17.4. The van der Waals surface area contributed by atoms with E-state index in [9.17, 15) is 0 Å². The van der Waals surface area contributed by atoms with E-state index in [0.29, 0.717) is 17.2 Å². The summed E-state index contributed by atoms with van der Waals surface area (Å²) in [5, 5.41) is 0. The lowest BCUT2D eigenvalue weighted by Crippen LogP contribution is -1.97. The number of methoxy groups -OCH3 is 3. The van der Waals surface area contributed by atoms with Crippen molar-refractivity contribution in [1.82, 2.24) is 14.5 Å². The second-order valence-electron chi connectivity index (χ2n) is 6.71. The van der Waals surface area contributed by atoms with E-state index in [1.165, 1.54) is 0 Å². The highest BCUT2D eigenvalue weighted by molar-refractivity contribution is 5.83. The molecule has 2 aromatic heterocycles. The monoisotopic (exact) mass is 401 g/mol. The van der Waals surface area contributed by atoms with Gasteiger partial charge in [-0.3, -0.25) is 4.98 Å². The van der Waals surface area contributed by atoms with Crippen LogP contribution in [0.15, 0.2) is 67.0 Å². The van der Waals surface area contributed by atoms with Crippen molar-refractivity contribution in [3.8, 4) is 51.2 Å². The van der Waals surface area contributed by atoms with Gasteiger partial charge in [0.15, 0.2) is 11.5 Å². The van der Waals surface area contributed by atoms with Crippen molar-refractivity contribution in [3.05, 3.63) is 67.0 Å². The Bertz CT molecular complexity index is 1130. The molecule has 0 unspecified atom stereocenters. The Labute approximate surface area is 175 Å². The van der Waals surface area contributed by atoms with Crippen LogP contribution in [0.2, 0.25) is 0 Å². The minimum Gasteiger partial charge on any atom is -0.493 e. The fourth-order valence-electron chi connectivity index (χ4n) is 3.60. The molecule has 0 saturated carbocycles. The third kappa shape index (κ3) is 3.37. The minimum atomic E-state index is 0.549. The number of pyridine rings is 1. The van der Waals surface area contributed by atoms with E-state index in [-0.39, 0.29) is 0 Å². The van der Waals surface area contributed by atoms with Crippen LogP contribution in [0.3, 0.4) is 0 Å². The molecule has 30 heavy (non-hydrogen) atoms. The Kier molecular flexibility index (Phi) is 5.39. The Morgan fingerprint density at radius 3 is 1.93 bits per heavy atom. The molecule has 0 spiro atoms. The van der Waals surface area contributed by atoms with Gasteiger partial charge in [0.2, 0.25) is 5.75 Å². The van der Waals surface area contributed by atoms with Crippen LogP contribution >= 0.6 is 0 Å². The topological polar surface area (TPSA) is 58.4 Å². The smallest absolute Gasteiger partial charge is 0.203 e. The first kappa shape index (κ1) is 19.5. The molecular formula is C24H23N3O3. The molecule has 4 rings (SSSR count). The molecule has 152 valence electrons. The first-order chi connectivity index (χ1) is 14.7. The summed E-state index contributed by atoms with van der Waals surface area (Å²) in [5.74, 6) is 2.58. The lowest BCUT2D eigenvalue weighted by atomic mass is 10.0. The summed E-state index contributed by atoms with van der Waals surface area (Å²) in [6.07, 6.45) is 3.56. The quantitative estimate of drug-likeness (QED) is 0.463. The maximum atomic E-state index is 5.56. The molecule has 0 aliphatic rings. The number of benzene rings is 2. The normalized spacial score (nSPS) is 10.7. The summed E-state index contributed by atoms with van der Waals surface area (Å²) in [6, 6.07) is 17.9. The Balaban J connectivity index is 2.00. The highest BCUT2D eigenvalue weighted by Crippen LogP contribution is 2.43. The predicted octanol–water partition coefficient (Wildman–Crippen LogP) is 4.84. The molecule has 0 saturated heterocycles. The average molecular weight is 401 g/mol. The number of imidazole rings is 1. The lowest BCUT2D eigenvalue weighted by Gasteiger charge is -2.14. The summed E-state index contributed by atoms with van der Waals surface area (Å²) in [5.41, 5.74) is 4.72. The van der Waals surface area contributed by atoms with E-state index in [4.69, 9.17) is 19.2 Å². The predicted molar refractivity (Wildman–Crippen MR) is 117 cm³/mol. The first-order valence-corrected chi connectivity index (χ1v) is 9.50. The van der Waals surface area contributed by atoms with Crippen molar-refractivity contribution in [2.24, 2.45) is 7.05 Å². The zero-order chi connectivity index (χ0) is 21.1. The third-order valence-corrected chi connectivity index (χ3v) is 5.02. The van der Waals surface area contributed by atoms with Gasteiger partial charge < -0.3 is 18.8 Å². The standard InChI is InChI=1S/C24H23N3O3/c1-27-22(16-10-12-25-13-11-16)21(26-24(27)17-8-6-5-7-9-17)18-14-19(28-2)23(30-4)20(15-18)29-3/h5-15H,1-4H3. The molecule has 6 nitrogen and oxygen atoms in total. The Hall–Kier alpha value is -3.80. The van der Waals surface area contributed by atoms with Gasteiger partial charge in [-0.05, 0) is 24.3 Å². The van der Waals surface area contributed by atoms with E-state index in [2.05, 4.69) is 21.7 Å². The van der Waals surface area contributed by atoms with Crippen LogP contribution in [0.4, 0.5) is 0 Å². The van der Waals surface area contributed by atoms with Gasteiger partial charge in [0, 0.05) is 36.1 Å². The summed E-state index contributed by atoms with van der Waals surface area (Å²) in [6.45, 7) is 0. The molecule has 0 bridgehead atoms. The summed E-state index contributed by atoms with van der Waals surface area (Å²) >= 11 is 0. The highest BCUT2D eigenvalue weighted by atomic mass is 16.5. The summed E-state index contributed by atoms with van der Waals surface area (Å²) in [4.78, 5) is 9.18. The second-order valence-corrected chi connectivity index (χ2v) is 6.71. The number of rotatable bonds is 6. The SMILES string of the molecule is COc1cc(-c2nc(-c3ccccc3)n(C)c2-c2ccncc2)cc(OC)c1OC. The van der Waals surface area contributed by atoms with E-state index in [1.54, 1.807) is 33.7 Å². The van der Waals surface area contributed by atoms with E-state index in [1.807, 2.05) is 49.5 Å². The van der Waals surface area contributed by atoms with Gasteiger partial charge in [-0.15, -0.1) is 0 Å². The third-order valence-electron chi connectivity index (χ3n) is 5.02. The van der Waals surface area contributed by atoms with Crippen molar-refractivity contribution in [2.75, 3.05) is 21.3 Å². The maximum Gasteiger partial charge on any atom is 0.203 e. The summed E-state index contributed by atoms with van der Waals surface area (Å²) in [7, 11) is 6.83. The zero-order valence-corrected chi connectivity index (χ0v) is 17.4. The Morgan fingerprint density at radius 2 is 1.37 bits per heavy atom. The van der Waals surface area contributed by atoms with Gasteiger partial charge in [0.05, 0.1) is 32.7 Å². The van der Waals surface area contributed by atoms with Gasteiger partial charge in [0.25, 0.3) is 0 Å². The molecule has 0 aliphatic heterocycles. The van der Waals surface area contributed by atoms with Crippen LogP contribution in [-0.4, -0.2) is 35.9 Å². The van der Waals surface area contributed by atoms with E-state index < -0.39 is 0 Å². The molecule has 0 aliphatic carbocycles. The van der Waals surface area contributed by atoms with Crippen LogP contribution in [0.1, 0.15) is 0 Å². The molecule has 0 atom stereocenters. The van der Waals surface area contributed by atoms with Crippen LogP contribution < -0.4 is 14.2 Å². The van der Waals surface area contributed by atoms with Gasteiger partial charge >= 0.3 is 0 Å². The minimum absolute atomic E-state index is 0.549. The van der Waals surface area contributed by atoms with Gasteiger partial charge in [-0.1, -0.05) is 30.3 Å². The number of hydrogen-bond donors (Lipinski definition) is 0. The maximum absolute atomic E-state index is 5.56. The van der Waals surface area contributed by atoms with Crippen LogP contribution in [-0.2, 0) is 7.05 Å². The molecule has 6 heteroatoms. The van der Waals surface area contributed by atoms with Crippen LogP contribution in [0.25, 0.3) is 33.9 Å². The van der Waals surface area contributed by atoms with Crippen LogP contribution in [0, 0.1) is 0 Å². The van der Waals surface area contributed by atoms with Crippen molar-refractivity contribution < 1.29 is 14.2 Å². The largest absolute Gasteiger partial charge is 0.493 e. The molecule has 4 aromatic rings. The molecule has 0 amide bonds. The van der Waals surface area contributed by atoms with Crippen molar-refractivity contribution in [2.45, 2.75) is 0 Å². The molecule has 2 heterocycles. The van der Waals surface area contributed by atoms with Gasteiger partial charge in [-0.25, -0.2) is 4.98 Å². The summed E-state index contributed by atoms with van der Waals surface area (Å²) < 4.78 is 18.7. The number of hydrogen-bond acceptors (Lipinski definition) is 5. The first-order valence-electron chi connectivity index (χ1n) is 9.50. The van der Waals surface area contributed by atoms with Gasteiger partial charge in [-0.2, -0.15) is 0 Å². The molecule has 2 aromatic carbocycles. The van der Waals surface area contributed by atoms with Crippen molar-refractivity contribution in [3.63, 3.8) is 0 Å². The fraction of sp³-hybridized carbons (Fsp3) is 0.167. The molecule has 0 N–H and O–H groups in total. The van der Waals surface area contributed by atoms with E-state index in [0.717, 1.165) is 33.9 Å². The molecule has 0 radical (unpaired) electrons. The number of aromatic nitrogens is 3. The van der Waals surface area contributed by atoms with Gasteiger partial charge in [0.1, 0.15) is 5.82 Å². The fourth-order valence-corrected chi connectivity index (χ4v) is 3.60. The van der Waals surface area contributed by atoms with Crippen molar-refractivity contribution >= 4 is 0 Å². The van der Waals surface area contributed by atoms with E-state index >= 15 is 0 Å². The average Bonchev–Trinajstić information content (AvgIpc) is 3.16. The van der Waals surface area contributed by atoms with Crippen LogP contribution in [0.5, 0.6) is 17.2 Å². The van der Waals surface area contributed by atoms with Crippen molar-refractivity contribution in [1.29, 1.82) is 0 Å².